The van der Waals surface area contributed by atoms with Gasteiger partial charge < -0.3 is 0 Å². The molecule has 0 aromatic carbocycles. The quantitative estimate of drug-likeness (QED) is 0.305. The molecule has 0 fully saturated rings. The van der Waals surface area contributed by atoms with Crippen LogP contribution in [0.1, 0.15) is 30.2 Å². The van der Waals surface area contributed by atoms with E-state index < -0.39 is 6.85 Å². The molecule has 0 nitrogen and oxygen atoms in total. The van der Waals surface area contributed by atoms with Crippen LogP contribution in [0.4, 0.5) is 0 Å². The molecule has 0 atom stereocenters. The fourth-order valence-electron chi connectivity index (χ4n) is 0.463. The monoisotopic (exact) mass is 249 g/mol. The van der Waals surface area contributed by atoms with E-state index in [4.69, 9.17) is 4.11 Å². The lowest BCUT2D eigenvalue weighted by atomic mass is 10.2. The van der Waals surface area contributed by atoms with E-state index in [0.717, 1.165) is 17.3 Å². The Morgan fingerprint density at radius 3 is 2.80 bits per heavy atom. The average molecular weight is 249 g/mol. The Labute approximate surface area is 81.1 Å². The minimum absolute atomic E-state index is 0.619. The normalized spacial score (nSPS) is 12.7. The maximum Gasteiger partial charge on any atom is 0.0609 e. The zero-order chi connectivity index (χ0) is 10.2. The van der Waals surface area contributed by atoms with E-state index in [0.29, 0.717) is 6.42 Å². The van der Waals surface area contributed by atoms with Gasteiger partial charge in [-0.3, -0.25) is 0 Å². The molecule has 0 aromatic heterocycles. The first-order valence-corrected chi connectivity index (χ1v) is 4.60. The van der Waals surface area contributed by atoms with Crippen molar-refractivity contribution < 1.29 is 4.11 Å². The summed E-state index contributed by atoms with van der Waals surface area (Å²) in [7, 11) is 0. The van der Waals surface area contributed by atoms with Crippen molar-refractivity contribution in [1.82, 2.24) is 0 Å². The lowest BCUT2D eigenvalue weighted by Crippen LogP contribution is -1.69. The van der Waals surface area contributed by atoms with Gasteiger partial charge in [0.1, 0.15) is 0 Å². The van der Waals surface area contributed by atoms with Gasteiger partial charge in [-0.2, -0.15) is 0 Å². The number of alkyl halides is 1. The summed E-state index contributed by atoms with van der Waals surface area (Å²) in [6.07, 6.45) is 2.28. The van der Waals surface area contributed by atoms with Crippen LogP contribution in [-0.4, -0.2) is 4.43 Å². The molecule has 0 unspecified atom stereocenters. The van der Waals surface area contributed by atoms with Gasteiger partial charge in [0.15, 0.2) is 0 Å². The zero-order valence-corrected chi connectivity index (χ0v) is 7.86. The molecule has 0 aromatic rings. The van der Waals surface area contributed by atoms with Crippen molar-refractivity contribution in [2.45, 2.75) is 26.1 Å². The molecule has 0 bridgehead atoms. The first kappa shape index (κ1) is 5.49. The SMILES string of the molecule is [2H]C([2H])([2H])C#CCCCC#CCI. The second kappa shape index (κ2) is 8.85. The van der Waals surface area contributed by atoms with E-state index in [1.165, 1.54) is 0 Å². The molecule has 10 heavy (non-hydrogen) atoms. The van der Waals surface area contributed by atoms with Gasteiger partial charge in [0.25, 0.3) is 0 Å². The second-order valence-corrected chi connectivity index (χ2v) is 2.41. The van der Waals surface area contributed by atoms with Crippen molar-refractivity contribution in [1.29, 1.82) is 0 Å². The summed E-state index contributed by atoms with van der Waals surface area (Å²) < 4.78 is 21.3. The lowest BCUT2D eigenvalue weighted by Gasteiger charge is -1.82. The Kier molecular flexibility index (Phi) is 4.86. The van der Waals surface area contributed by atoms with Crippen LogP contribution in [0.3, 0.4) is 0 Å². The third-order valence-electron chi connectivity index (χ3n) is 0.884. The van der Waals surface area contributed by atoms with Crippen LogP contribution < -0.4 is 0 Å². The van der Waals surface area contributed by atoms with Crippen LogP contribution in [-0.2, 0) is 0 Å². The molecule has 54 valence electrons. The second-order valence-electron chi connectivity index (χ2n) is 1.64. The van der Waals surface area contributed by atoms with Crippen LogP contribution in [0.15, 0.2) is 0 Å². The Hall–Kier alpha value is -0.150. The molecule has 0 heterocycles. The van der Waals surface area contributed by atoms with Crippen LogP contribution in [0.5, 0.6) is 0 Å². The van der Waals surface area contributed by atoms with Crippen LogP contribution in [0, 0.1) is 23.7 Å². The van der Waals surface area contributed by atoms with Crippen molar-refractivity contribution in [3.05, 3.63) is 0 Å². The van der Waals surface area contributed by atoms with Crippen molar-refractivity contribution >= 4 is 22.6 Å². The molecular formula is C9H11I. The minimum Gasteiger partial charge on any atom is -0.107 e. The molecular weight excluding hydrogens is 235 g/mol. The molecule has 0 amide bonds. The standard InChI is InChI=1S/C9H11I/c1-2-3-4-5-6-7-8-9-10/h4-6,9H2,1H3/i1D3. The largest absolute Gasteiger partial charge is 0.107 e. The average Bonchev–Trinajstić information content (AvgIpc) is 2.01. The molecule has 0 spiro atoms. The molecule has 0 rings (SSSR count). The number of rotatable bonds is 2. The van der Waals surface area contributed by atoms with Gasteiger partial charge in [0.05, 0.1) is 4.43 Å². The number of hydrogen-bond acceptors (Lipinski definition) is 0. The van der Waals surface area contributed by atoms with Gasteiger partial charge in [-0.25, -0.2) is 0 Å². The summed E-state index contributed by atoms with van der Waals surface area (Å²) in [6, 6.07) is 0. The Bertz CT molecular complexity index is 246. The zero-order valence-electron chi connectivity index (χ0n) is 8.71. The topological polar surface area (TPSA) is 0 Å². The fraction of sp³-hybridized carbons (Fsp3) is 0.556. The summed E-state index contributed by atoms with van der Waals surface area (Å²) in [5.74, 6) is 10.7. The summed E-state index contributed by atoms with van der Waals surface area (Å²) in [5.41, 5.74) is 0. The van der Waals surface area contributed by atoms with Gasteiger partial charge in [0.2, 0.25) is 0 Å². The van der Waals surface area contributed by atoms with E-state index >= 15 is 0 Å². The van der Waals surface area contributed by atoms with E-state index in [1.807, 2.05) is 0 Å². The molecule has 0 saturated carbocycles. The summed E-state index contributed by atoms with van der Waals surface area (Å²) in [6.45, 7) is -2.10. The van der Waals surface area contributed by atoms with Crippen molar-refractivity contribution in [3.8, 4) is 23.7 Å². The molecule has 0 N–H and O–H groups in total. The molecule has 0 aliphatic carbocycles. The predicted molar refractivity (Wildman–Crippen MR) is 54.0 cm³/mol. The highest BCUT2D eigenvalue weighted by atomic mass is 127. The Balaban J connectivity index is 3.50. The highest BCUT2D eigenvalue weighted by molar-refractivity contribution is 14.1. The molecule has 0 radical (unpaired) electrons. The number of halogens is 1. The Morgan fingerprint density at radius 1 is 1.30 bits per heavy atom. The first-order valence-electron chi connectivity index (χ1n) is 4.58. The number of hydrogen-bond donors (Lipinski definition) is 0. The van der Waals surface area contributed by atoms with E-state index in [1.54, 1.807) is 0 Å². The van der Waals surface area contributed by atoms with Crippen LogP contribution >= 0.6 is 22.6 Å². The molecule has 1 heteroatoms. The van der Waals surface area contributed by atoms with Crippen LogP contribution in [0.25, 0.3) is 0 Å². The Morgan fingerprint density at radius 2 is 2.10 bits per heavy atom. The molecule has 0 saturated heterocycles. The summed E-state index contributed by atoms with van der Waals surface area (Å²) >= 11 is 2.19. The van der Waals surface area contributed by atoms with Gasteiger partial charge in [0, 0.05) is 17.0 Å². The summed E-state index contributed by atoms with van der Waals surface area (Å²) in [4.78, 5) is 0. The summed E-state index contributed by atoms with van der Waals surface area (Å²) in [5, 5.41) is 0. The molecule has 0 aliphatic heterocycles. The van der Waals surface area contributed by atoms with E-state index in [9.17, 15) is 0 Å². The fourth-order valence-corrected chi connectivity index (χ4v) is 0.733. The van der Waals surface area contributed by atoms with Crippen molar-refractivity contribution in [2.24, 2.45) is 0 Å². The van der Waals surface area contributed by atoms with Gasteiger partial charge in [-0.05, 0) is 13.3 Å². The highest BCUT2D eigenvalue weighted by Gasteiger charge is 1.77. The highest BCUT2D eigenvalue weighted by Crippen LogP contribution is 1.91. The first-order chi connectivity index (χ1) is 6.06. The van der Waals surface area contributed by atoms with E-state index in [-0.39, 0.29) is 0 Å². The third kappa shape index (κ3) is 7.85. The smallest absolute Gasteiger partial charge is 0.0609 e. The van der Waals surface area contributed by atoms with Crippen LogP contribution in [0.2, 0.25) is 0 Å². The van der Waals surface area contributed by atoms with Crippen molar-refractivity contribution in [2.75, 3.05) is 4.43 Å². The minimum atomic E-state index is -2.10. The van der Waals surface area contributed by atoms with Gasteiger partial charge in [-0.15, -0.1) is 17.8 Å². The van der Waals surface area contributed by atoms with Gasteiger partial charge in [-0.1, -0.05) is 28.5 Å². The number of unbranched alkanes of at least 4 members (excludes halogenated alkanes) is 2. The predicted octanol–water partition coefficient (Wildman–Crippen LogP) is 2.62. The third-order valence-corrected chi connectivity index (χ3v) is 1.27. The maximum absolute atomic E-state index is 6.81. The lowest BCUT2D eigenvalue weighted by molar-refractivity contribution is 0.903. The molecule has 0 aliphatic rings. The maximum atomic E-state index is 6.81. The van der Waals surface area contributed by atoms with Gasteiger partial charge >= 0.3 is 0 Å². The van der Waals surface area contributed by atoms with E-state index in [2.05, 4.69) is 46.3 Å². The van der Waals surface area contributed by atoms with Crippen molar-refractivity contribution in [3.63, 3.8) is 0 Å².